The van der Waals surface area contributed by atoms with E-state index in [0.29, 0.717) is 13.1 Å². The second kappa shape index (κ2) is 5.92. The van der Waals surface area contributed by atoms with Crippen molar-refractivity contribution in [3.05, 3.63) is 39.9 Å². The highest BCUT2D eigenvalue weighted by Gasteiger charge is 2.24. The van der Waals surface area contributed by atoms with E-state index in [1.807, 2.05) is 0 Å². The summed E-state index contributed by atoms with van der Waals surface area (Å²) < 4.78 is 5.14. The van der Waals surface area contributed by atoms with Gasteiger partial charge in [-0.15, -0.1) is 0 Å². The molecule has 7 heteroatoms. The standard InChI is InChI=1S/C12H14N2O4S/c15-12(13-6-5-11(19)7-13)18-8-9-1-3-10(4-2-9)14(16)17/h1-4,11,19H,5-8H2. The number of hydrogen-bond acceptors (Lipinski definition) is 5. The minimum atomic E-state index is -0.465. The molecule has 0 spiro atoms. The first-order valence-corrected chi connectivity index (χ1v) is 6.41. The Bertz CT molecular complexity index is 477. The molecule has 1 aliphatic rings. The number of nitro benzene ring substituents is 1. The van der Waals surface area contributed by atoms with E-state index in [-0.39, 0.29) is 23.6 Å². The van der Waals surface area contributed by atoms with E-state index in [2.05, 4.69) is 12.6 Å². The van der Waals surface area contributed by atoms with Crippen LogP contribution in [0.5, 0.6) is 0 Å². The van der Waals surface area contributed by atoms with Gasteiger partial charge in [-0.25, -0.2) is 4.79 Å². The van der Waals surface area contributed by atoms with Gasteiger partial charge in [0, 0.05) is 30.5 Å². The third-order valence-electron chi connectivity index (χ3n) is 2.93. The number of rotatable bonds is 3. The lowest BCUT2D eigenvalue weighted by Crippen LogP contribution is -2.29. The monoisotopic (exact) mass is 282 g/mol. The van der Waals surface area contributed by atoms with Crippen molar-refractivity contribution < 1.29 is 14.5 Å². The summed E-state index contributed by atoms with van der Waals surface area (Å²) >= 11 is 4.30. The maximum atomic E-state index is 11.7. The van der Waals surface area contributed by atoms with E-state index in [4.69, 9.17) is 4.74 Å². The molecular weight excluding hydrogens is 268 g/mol. The molecular formula is C12H14N2O4S. The number of nitro groups is 1. The molecule has 0 aromatic heterocycles. The first-order chi connectivity index (χ1) is 9.06. The van der Waals surface area contributed by atoms with Gasteiger partial charge in [-0.3, -0.25) is 10.1 Å². The summed E-state index contributed by atoms with van der Waals surface area (Å²) in [6.45, 7) is 1.38. The first kappa shape index (κ1) is 13.7. The minimum Gasteiger partial charge on any atom is -0.445 e. The molecule has 1 atom stereocenters. The lowest BCUT2D eigenvalue weighted by molar-refractivity contribution is -0.384. The molecule has 0 aliphatic carbocycles. The molecule has 1 amide bonds. The molecule has 1 heterocycles. The minimum absolute atomic E-state index is 0.0209. The van der Waals surface area contributed by atoms with Crippen LogP contribution in [0.15, 0.2) is 24.3 Å². The Labute approximate surface area is 115 Å². The molecule has 0 saturated carbocycles. The van der Waals surface area contributed by atoms with Gasteiger partial charge in [0.2, 0.25) is 0 Å². The predicted octanol–water partition coefficient (Wildman–Crippen LogP) is 2.24. The number of hydrogen-bond donors (Lipinski definition) is 1. The fraction of sp³-hybridized carbons (Fsp3) is 0.417. The Hall–Kier alpha value is -1.76. The van der Waals surface area contributed by atoms with Crippen molar-refractivity contribution in [1.29, 1.82) is 0 Å². The van der Waals surface area contributed by atoms with Crippen LogP contribution in [0.4, 0.5) is 10.5 Å². The number of carbonyl (C=O) groups excluding carboxylic acids is 1. The summed E-state index contributed by atoms with van der Waals surface area (Å²) in [5, 5.41) is 10.7. The van der Waals surface area contributed by atoms with E-state index in [1.54, 1.807) is 17.0 Å². The third kappa shape index (κ3) is 3.60. The highest BCUT2D eigenvalue weighted by Crippen LogP contribution is 2.16. The van der Waals surface area contributed by atoms with Crippen molar-refractivity contribution in [2.45, 2.75) is 18.3 Å². The van der Waals surface area contributed by atoms with Crippen LogP contribution in [0, 0.1) is 10.1 Å². The fourth-order valence-electron chi connectivity index (χ4n) is 1.86. The molecule has 1 aliphatic heterocycles. The van der Waals surface area contributed by atoms with Gasteiger partial charge in [0.25, 0.3) is 5.69 Å². The number of carbonyl (C=O) groups is 1. The Morgan fingerprint density at radius 1 is 1.47 bits per heavy atom. The van der Waals surface area contributed by atoms with Gasteiger partial charge in [-0.2, -0.15) is 12.6 Å². The average Bonchev–Trinajstić information content (AvgIpc) is 2.83. The van der Waals surface area contributed by atoms with Gasteiger partial charge in [0.1, 0.15) is 6.61 Å². The second-order valence-electron chi connectivity index (χ2n) is 4.37. The molecule has 19 heavy (non-hydrogen) atoms. The van der Waals surface area contributed by atoms with Gasteiger partial charge >= 0.3 is 6.09 Å². The molecule has 0 radical (unpaired) electrons. The Kier molecular flexibility index (Phi) is 4.26. The zero-order valence-electron chi connectivity index (χ0n) is 10.2. The van der Waals surface area contributed by atoms with Crippen molar-refractivity contribution in [1.82, 2.24) is 4.90 Å². The van der Waals surface area contributed by atoms with Gasteiger partial charge in [0.05, 0.1) is 4.92 Å². The normalized spacial score (nSPS) is 18.4. The first-order valence-electron chi connectivity index (χ1n) is 5.89. The Morgan fingerprint density at radius 2 is 2.16 bits per heavy atom. The highest BCUT2D eigenvalue weighted by atomic mass is 32.1. The molecule has 102 valence electrons. The summed E-state index contributed by atoms with van der Waals surface area (Å²) in [6, 6.07) is 5.94. The molecule has 1 saturated heterocycles. The lowest BCUT2D eigenvalue weighted by atomic mass is 10.2. The van der Waals surface area contributed by atoms with Gasteiger partial charge < -0.3 is 9.64 Å². The smallest absolute Gasteiger partial charge is 0.410 e. The van der Waals surface area contributed by atoms with Gasteiger partial charge in [-0.05, 0) is 24.1 Å². The summed E-state index contributed by atoms with van der Waals surface area (Å²) in [4.78, 5) is 23.3. The van der Waals surface area contributed by atoms with E-state index in [1.165, 1.54) is 12.1 Å². The molecule has 6 nitrogen and oxygen atoms in total. The number of likely N-dealkylation sites (tertiary alicyclic amines) is 1. The van der Waals surface area contributed by atoms with Crippen molar-refractivity contribution in [2.75, 3.05) is 13.1 Å². The lowest BCUT2D eigenvalue weighted by Gasteiger charge is -2.15. The molecule has 0 N–H and O–H groups in total. The molecule has 2 rings (SSSR count). The van der Waals surface area contributed by atoms with E-state index < -0.39 is 4.92 Å². The summed E-state index contributed by atoms with van der Waals surface area (Å²) in [5.74, 6) is 0. The van der Waals surface area contributed by atoms with Gasteiger partial charge in [0.15, 0.2) is 0 Å². The maximum Gasteiger partial charge on any atom is 0.410 e. The SMILES string of the molecule is O=C(OCc1ccc([N+](=O)[O-])cc1)N1CCC(S)C1. The molecule has 1 aromatic rings. The number of benzene rings is 1. The topological polar surface area (TPSA) is 72.7 Å². The van der Waals surface area contributed by atoms with Crippen LogP contribution in [0.2, 0.25) is 0 Å². The van der Waals surface area contributed by atoms with Crippen molar-refractivity contribution in [2.24, 2.45) is 0 Å². The van der Waals surface area contributed by atoms with E-state index in [9.17, 15) is 14.9 Å². The molecule has 0 bridgehead atoms. The van der Waals surface area contributed by atoms with Crippen molar-refractivity contribution >= 4 is 24.4 Å². The van der Waals surface area contributed by atoms with Crippen LogP contribution < -0.4 is 0 Å². The summed E-state index contributed by atoms with van der Waals surface area (Å²) in [5.41, 5.74) is 0.744. The second-order valence-corrected chi connectivity index (χ2v) is 5.10. The van der Waals surface area contributed by atoms with Crippen LogP contribution in [-0.4, -0.2) is 34.3 Å². The Morgan fingerprint density at radius 3 is 2.68 bits per heavy atom. The quantitative estimate of drug-likeness (QED) is 0.524. The van der Waals surface area contributed by atoms with Crippen LogP contribution in [0.3, 0.4) is 0 Å². The number of thiol groups is 1. The number of nitrogens with zero attached hydrogens (tertiary/aromatic N) is 2. The fourth-order valence-corrected chi connectivity index (χ4v) is 2.17. The molecule has 1 fully saturated rings. The Balaban J connectivity index is 1.85. The predicted molar refractivity (Wildman–Crippen MR) is 72.2 cm³/mol. The number of ether oxygens (including phenoxy) is 1. The van der Waals surface area contributed by atoms with Crippen LogP contribution >= 0.6 is 12.6 Å². The van der Waals surface area contributed by atoms with Crippen LogP contribution in [0.1, 0.15) is 12.0 Å². The van der Waals surface area contributed by atoms with Crippen molar-refractivity contribution in [3.63, 3.8) is 0 Å². The summed E-state index contributed by atoms with van der Waals surface area (Å²) in [7, 11) is 0. The van der Waals surface area contributed by atoms with Crippen LogP contribution in [-0.2, 0) is 11.3 Å². The zero-order chi connectivity index (χ0) is 13.8. The van der Waals surface area contributed by atoms with Crippen LogP contribution in [0.25, 0.3) is 0 Å². The third-order valence-corrected chi connectivity index (χ3v) is 3.35. The average molecular weight is 282 g/mol. The summed E-state index contributed by atoms with van der Waals surface area (Å²) in [6.07, 6.45) is 0.505. The molecule has 1 unspecified atom stereocenters. The molecule has 1 aromatic carbocycles. The number of amides is 1. The zero-order valence-corrected chi connectivity index (χ0v) is 11.1. The van der Waals surface area contributed by atoms with E-state index >= 15 is 0 Å². The van der Waals surface area contributed by atoms with Gasteiger partial charge in [-0.1, -0.05) is 0 Å². The highest BCUT2D eigenvalue weighted by molar-refractivity contribution is 7.81. The van der Waals surface area contributed by atoms with Crippen molar-refractivity contribution in [3.8, 4) is 0 Å². The maximum absolute atomic E-state index is 11.7. The van der Waals surface area contributed by atoms with E-state index in [0.717, 1.165) is 12.0 Å². The number of non-ortho nitro benzene ring substituents is 1. The largest absolute Gasteiger partial charge is 0.445 e.